The number of carbonyl (C=O) groups is 1. The Morgan fingerprint density at radius 2 is 2.38 bits per heavy atom. The van der Waals surface area contributed by atoms with E-state index in [0.717, 1.165) is 31.6 Å². The second-order valence-electron chi connectivity index (χ2n) is 4.04. The fourth-order valence-electron chi connectivity index (χ4n) is 1.89. The van der Waals surface area contributed by atoms with Crippen LogP contribution in [0.5, 0.6) is 0 Å². The van der Waals surface area contributed by atoms with Gasteiger partial charge >= 0.3 is 0 Å². The van der Waals surface area contributed by atoms with E-state index < -0.39 is 0 Å². The van der Waals surface area contributed by atoms with E-state index in [1.165, 1.54) is 0 Å². The lowest BCUT2D eigenvalue weighted by Crippen LogP contribution is -2.37. The second-order valence-corrected chi connectivity index (χ2v) is 4.48. The largest absolute Gasteiger partial charge is 0.326 e. The van der Waals surface area contributed by atoms with E-state index in [0.29, 0.717) is 5.02 Å². The molecule has 0 aromatic heterocycles. The van der Waals surface area contributed by atoms with Gasteiger partial charge in [-0.2, -0.15) is 0 Å². The number of hydrogen-bond donors (Lipinski definition) is 2. The van der Waals surface area contributed by atoms with Crippen molar-refractivity contribution in [3.8, 4) is 0 Å². The minimum Gasteiger partial charge on any atom is -0.326 e. The molecule has 1 saturated heterocycles. The van der Waals surface area contributed by atoms with Crippen LogP contribution in [0.15, 0.2) is 24.3 Å². The molecule has 1 heterocycles. The molecule has 1 unspecified atom stereocenters. The standard InChI is InChI=1S/C12H15ClN2O/c13-10-4-1-5-11(7-10)15-12(16)9-3-2-6-14-8-9/h1,4-5,7,9,14H,2-3,6,8H2,(H,15,16). The number of amides is 1. The van der Waals surface area contributed by atoms with Crippen LogP contribution in [-0.2, 0) is 4.79 Å². The van der Waals surface area contributed by atoms with E-state index in [-0.39, 0.29) is 11.8 Å². The zero-order chi connectivity index (χ0) is 11.4. The van der Waals surface area contributed by atoms with Crippen molar-refractivity contribution in [1.82, 2.24) is 5.32 Å². The lowest BCUT2D eigenvalue weighted by molar-refractivity contribution is -0.120. The predicted molar refractivity (Wildman–Crippen MR) is 65.7 cm³/mol. The summed E-state index contributed by atoms with van der Waals surface area (Å²) in [5.41, 5.74) is 0.767. The molecule has 0 saturated carbocycles. The van der Waals surface area contributed by atoms with Crippen molar-refractivity contribution >= 4 is 23.2 Å². The maximum atomic E-state index is 11.9. The van der Waals surface area contributed by atoms with Gasteiger partial charge in [0, 0.05) is 17.3 Å². The van der Waals surface area contributed by atoms with Gasteiger partial charge in [-0.3, -0.25) is 4.79 Å². The van der Waals surface area contributed by atoms with Crippen LogP contribution in [0.25, 0.3) is 0 Å². The first kappa shape index (κ1) is 11.4. The average Bonchev–Trinajstić information content (AvgIpc) is 2.30. The Kier molecular flexibility index (Phi) is 3.80. The topological polar surface area (TPSA) is 41.1 Å². The summed E-state index contributed by atoms with van der Waals surface area (Å²) in [4.78, 5) is 11.9. The molecule has 0 aliphatic carbocycles. The normalized spacial score (nSPS) is 20.4. The van der Waals surface area contributed by atoms with Crippen molar-refractivity contribution in [2.75, 3.05) is 18.4 Å². The first-order valence-corrected chi connectivity index (χ1v) is 5.90. The molecule has 3 nitrogen and oxygen atoms in total. The van der Waals surface area contributed by atoms with Crippen LogP contribution < -0.4 is 10.6 Å². The van der Waals surface area contributed by atoms with Crippen LogP contribution in [0.2, 0.25) is 5.02 Å². The van der Waals surface area contributed by atoms with Crippen LogP contribution in [0.1, 0.15) is 12.8 Å². The summed E-state index contributed by atoms with van der Waals surface area (Å²) in [5, 5.41) is 6.75. The number of benzene rings is 1. The number of rotatable bonds is 2. The summed E-state index contributed by atoms with van der Waals surface area (Å²) < 4.78 is 0. The van der Waals surface area contributed by atoms with E-state index in [2.05, 4.69) is 10.6 Å². The van der Waals surface area contributed by atoms with Crippen molar-refractivity contribution in [1.29, 1.82) is 0 Å². The Morgan fingerprint density at radius 1 is 1.50 bits per heavy atom. The molecule has 4 heteroatoms. The lowest BCUT2D eigenvalue weighted by atomic mass is 9.99. The number of hydrogen-bond acceptors (Lipinski definition) is 2. The van der Waals surface area contributed by atoms with E-state index in [1.807, 2.05) is 12.1 Å². The molecular formula is C12H15ClN2O. The monoisotopic (exact) mass is 238 g/mol. The number of carbonyl (C=O) groups excluding carboxylic acids is 1. The molecule has 1 fully saturated rings. The van der Waals surface area contributed by atoms with Gasteiger partial charge in [0.25, 0.3) is 0 Å². The average molecular weight is 239 g/mol. The Labute approximate surface area is 100 Å². The summed E-state index contributed by atoms with van der Waals surface area (Å²) in [6, 6.07) is 7.23. The summed E-state index contributed by atoms with van der Waals surface area (Å²) in [6.07, 6.45) is 2.02. The van der Waals surface area contributed by atoms with Crippen molar-refractivity contribution in [2.24, 2.45) is 5.92 Å². The van der Waals surface area contributed by atoms with E-state index in [9.17, 15) is 4.79 Å². The smallest absolute Gasteiger partial charge is 0.228 e. The van der Waals surface area contributed by atoms with Gasteiger partial charge in [-0.1, -0.05) is 17.7 Å². The minimum absolute atomic E-state index is 0.0766. The van der Waals surface area contributed by atoms with Gasteiger partial charge in [0.15, 0.2) is 0 Å². The number of halogens is 1. The third kappa shape index (κ3) is 2.97. The zero-order valence-corrected chi connectivity index (χ0v) is 9.76. The molecular weight excluding hydrogens is 224 g/mol. The Bertz CT molecular complexity index is 375. The highest BCUT2D eigenvalue weighted by Crippen LogP contribution is 2.17. The van der Waals surface area contributed by atoms with Gasteiger partial charge < -0.3 is 10.6 Å². The molecule has 1 aliphatic rings. The molecule has 0 radical (unpaired) electrons. The molecule has 1 aliphatic heterocycles. The number of nitrogens with one attached hydrogen (secondary N) is 2. The maximum Gasteiger partial charge on any atom is 0.228 e. The third-order valence-electron chi connectivity index (χ3n) is 2.76. The Hall–Kier alpha value is -1.06. The summed E-state index contributed by atoms with van der Waals surface area (Å²) in [5.74, 6) is 0.155. The summed E-state index contributed by atoms with van der Waals surface area (Å²) >= 11 is 5.85. The fraction of sp³-hybridized carbons (Fsp3) is 0.417. The predicted octanol–water partition coefficient (Wildman–Crippen LogP) is 2.28. The van der Waals surface area contributed by atoms with Crippen molar-refractivity contribution < 1.29 is 4.79 Å². The van der Waals surface area contributed by atoms with Crippen molar-refractivity contribution in [3.63, 3.8) is 0 Å². The van der Waals surface area contributed by atoms with E-state index >= 15 is 0 Å². The molecule has 1 aromatic rings. The van der Waals surface area contributed by atoms with E-state index in [4.69, 9.17) is 11.6 Å². The maximum absolute atomic E-state index is 11.9. The van der Waals surface area contributed by atoms with Crippen LogP contribution in [0, 0.1) is 5.92 Å². The molecule has 0 spiro atoms. The Balaban J connectivity index is 1.96. The van der Waals surface area contributed by atoms with Gasteiger partial charge in [-0.05, 0) is 37.6 Å². The van der Waals surface area contributed by atoms with Crippen LogP contribution >= 0.6 is 11.6 Å². The van der Waals surface area contributed by atoms with E-state index in [1.54, 1.807) is 12.1 Å². The molecule has 2 N–H and O–H groups in total. The van der Waals surface area contributed by atoms with Crippen molar-refractivity contribution in [3.05, 3.63) is 29.3 Å². The van der Waals surface area contributed by atoms with Gasteiger partial charge in [0.1, 0.15) is 0 Å². The molecule has 86 valence electrons. The van der Waals surface area contributed by atoms with Crippen LogP contribution in [-0.4, -0.2) is 19.0 Å². The van der Waals surface area contributed by atoms with Crippen LogP contribution in [0.4, 0.5) is 5.69 Å². The quantitative estimate of drug-likeness (QED) is 0.830. The first-order chi connectivity index (χ1) is 7.75. The number of anilines is 1. The SMILES string of the molecule is O=C(Nc1cccc(Cl)c1)C1CCCNC1. The summed E-state index contributed by atoms with van der Waals surface area (Å²) in [6.45, 7) is 1.79. The molecule has 1 atom stereocenters. The number of piperidine rings is 1. The minimum atomic E-state index is 0.0766. The molecule has 1 aromatic carbocycles. The third-order valence-corrected chi connectivity index (χ3v) is 2.99. The van der Waals surface area contributed by atoms with Crippen molar-refractivity contribution in [2.45, 2.75) is 12.8 Å². The highest BCUT2D eigenvalue weighted by atomic mass is 35.5. The zero-order valence-electron chi connectivity index (χ0n) is 9.00. The highest BCUT2D eigenvalue weighted by molar-refractivity contribution is 6.30. The second kappa shape index (κ2) is 5.32. The van der Waals surface area contributed by atoms with Gasteiger partial charge in [-0.15, -0.1) is 0 Å². The summed E-state index contributed by atoms with van der Waals surface area (Å²) in [7, 11) is 0. The molecule has 16 heavy (non-hydrogen) atoms. The van der Waals surface area contributed by atoms with Gasteiger partial charge in [0.2, 0.25) is 5.91 Å². The van der Waals surface area contributed by atoms with Gasteiger partial charge in [0.05, 0.1) is 5.92 Å². The van der Waals surface area contributed by atoms with Crippen LogP contribution in [0.3, 0.4) is 0 Å². The first-order valence-electron chi connectivity index (χ1n) is 5.53. The molecule has 0 bridgehead atoms. The fourth-order valence-corrected chi connectivity index (χ4v) is 2.08. The molecule has 2 rings (SSSR count). The molecule has 1 amide bonds. The highest BCUT2D eigenvalue weighted by Gasteiger charge is 2.20. The van der Waals surface area contributed by atoms with Gasteiger partial charge in [-0.25, -0.2) is 0 Å². The Morgan fingerprint density at radius 3 is 3.06 bits per heavy atom. The lowest BCUT2D eigenvalue weighted by Gasteiger charge is -2.21.